The van der Waals surface area contributed by atoms with Crippen LogP contribution >= 0.6 is 0 Å². The van der Waals surface area contributed by atoms with Gasteiger partial charge in [0.15, 0.2) is 11.9 Å². The second-order valence-electron chi connectivity index (χ2n) is 0.833. The van der Waals surface area contributed by atoms with Crippen LogP contribution in [0.5, 0.6) is 0 Å². The van der Waals surface area contributed by atoms with Crippen molar-refractivity contribution < 1.29 is 9.95 Å². The molecule has 5 heavy (non-hydrogen) atoms. The highest BCUT2D eigenvalue weighted by atomic mass is 16.6. The van der Waals surface area contributed by atoms with Crippen molar-refractivity contribution in [2.24, 2.45) is 5.28 Å². The predicted molar refractivity (Wildman–Crippen MR) is 14.2 cm³/mol. The first-order valence-electron chi connectivity index (χ1n) is 1.55. The standard InChI is InChI=1S/C2H4N2O/c1-2-5-4-3-1/h1-2H2/p+1. The lowest BCUT2D eigenvalue weighted by molar-refractivity contribution is -0.525. The van der Waals surface area contributed by atoms with E-state index in [9.17, 15) is 0 Å². The molecule has 1 aliphatic rings. The maximum atomic E-state index is 4.46. The molecule has 0 bridgehead atoms. The summed E-state index contributed by atoms with van der Waals surface area (Å²) in [5, 5.41) is 5.96. The van der Waals surface area contributed by atoms with Crippen LogP contribution in [0.1, 0.15) is 0 Å². The number of hydrogen-bond donors (Lipinski definition) is 1. The van der Waals surface area contributed by atoms with Crippen LogP contribution in [-0.2, 0) is 4.84 Å². The summed E-state index contributed by atoms with van der Waals surface area (Å²) in [5.41, 5.74) is 0. The van der Waals surface area contributed by atoms with Gasteiger partial charge < -0.3 is 4.84 Å². The van der Waals surface area contributed by atoms with Gasteiger partial charge in [0.25, 0.3) is 0 Å². The average molecular weight is 73.1 g/mol. The third kappa shape index (κ3) is 0.344. The van der Waals surface area contributed by atoms with Gasteiger partial charge in [0, 0.05) is 0 Å². The minimum atomic E-state index is 0.722. The molecule has 0 saturated heterocycles. The van der Waals surface area contributed by atoms with Crippen LogP contribution in [0.2, 0.25) is 0 Å². The van der Waals surface area contributed by atoms with Crippen molar-refractivity contribution in [1.29, 1.82) is 0 Å². The summed E-state index contributed by atoms with van der Waals surface area (Å²) < 4.78 is 0. The molecule has 1 aliphatic heterocycles. The Hall–Kier alpha value is -0.600. The first kappa shape index (κ1) is 2.63. The lowest BCUT2D eigenvalue weighted by Crippen LogP contribution is -2.63. The van der Waals surface area contributed by atoms with Gasteiger partial charge in [-0.05, 0) is 0 Å². The summed E-state index contributed by atoms with van der Waals surface area (Å²) in [6, 6.07) is 0. The number of hydrogen-bond acceptors (Lipinski definition) is 2. The third-order valence-corrected chi connectivity index (χ3v) is 0.434. The summed E-state index contributed by atoms with van der Waals surface area (Å²) in [6.07, 6.45) is 0. The second kappa shape index (κ2) is 1.01. The predicted octanol–water partition coefficient (Wildman–Crippen LogP) is -1.54. The molecular weight excluding hydrogens is 68.0 g/mol. The summed E-state index contributed by atoms with van der Waals surface area (Å²) >= 11 is 0. The van der Waals surface area contributed by atoms with Crippen LogP contribution in [0.3, 0.4) is 0 Å². The van der Waals surface area contributed by atoms with E-state index < -0.39 is 0 Å². The fourth-order valence-electron chi connectivity index (χ4n) is 0.228. The van der Waals surface area contributed by atoms with Crippen molar-refractivity contribution in [3.63, 3.8) is 0 Å². The zero-order valence-electron chi connectivity index (χ0n) is 2.77. The molecule has 0 aliphatic carbocycles. The molecule has 0 saturated carbocycles. The lowest BCUT2D eigenvalue weighted by atomic mass is 10.8. The first-order chi connectivity index (χ1) is 2.50. The Morgan fingerprint density at radius 2 is 2.80 bits per heavy atom. The molecule has 0 fully saturated rings. The Labute approximate surface area is 29.6 Å². The maximum Gasteiger partial charge on any atom is 0.205 e. The van der Waals surface area contributed by atoms with E-state index in [1.807, 2.05) is 0 Å². The molecule has 0 aromatic heterocycles. The molecular formula is C2H5N2O+. The van der Waals surface area contributed by atoms with Crippen molar-refractivity contribution in [2.75, 3.05) is 13.2 Å². The van der Waals surface area contributed by atoms with E-state index in [0.29, 0.717) is 0 Å². The van der Waals surface area contributed by atoms with Gasteiger partial charge >= 0.3 is 0 Å². The van der Waals surface area contributed by atoms with Gasteiger partial charge in [-0.3, -0.25) is 0 Å². The fraction of sp³-hybridized carbons (Fsp3) is 1.00. The summed E-state index contributed by atoms with van der Waals surface area (Å²) in [7, 11) is 0. The Kier molecular flexibility index (Phi) is 0.532. The van der Waals surface area contributed by atoms with Gasteiger partial charge in [-0.2, -0.15) is 0 Å². The SMILES string of the molecule is C1CON=[NH+]1. The largest absolute Gasteiger partial charge is 0.341 e. The summed E-state index contributed by atoms with van der Waals surface area (Å²) in [6.45, 7) is 1.58. The smallest absolute Gasteiger partial charge is 0.205 e. The quantitative estimate of drug-likeness (QED) is 0.371. The van der Waals surface area contributed by atoms with Crippen LogP contribution in [-0.4, -0.2) is 13.2 Å². The van der Waals surface area contributed by atoms with Crippen LogP contribution in [0.25, 0.3) is 0 Å². The molecule has 3 nitrogen and oxygen atoms in total. The van der Waals surface area contributed by atoms with E-state index in [1.165, 1.54) is 0 Å². The normalized spacial score (nSPS) is 19.2. The topological polar surface area (TPSA) is 35.6 Å². The highest BCUT2D eigenvalue weighted by Gasteiger charge is 1.95. The Balaban J connectivity index is 2.32. The number of nitrogens with one attached hydrogen (secondary N) is 1. The minimum absolute atomic E-state index is 0.722. The minimum Gasteiger partial charge on any atom is -0.341 e. The Morgan fingerprint density at radius 1 is 1.80 bits per heavy atom. The highest BCUT2D eigenvalue weighted by molar-refractivity contribution is 4.14. The van der Waals surface area contributed by atoms with Crippen molar-refractivity contribution >= 4 is 0 Å². The van der Waals surface area contributed by atoms with E-state index in [0.717, 1.165) is 13.2 Å². The van der Waals surface area contributed by atoms with E-state index >= 15 is 0 Å². The molecule has 0 aromatic rings. The van der Waals surface area contributed by atoms with Crippen LogP contribution in [0.4, 0.5) is 0 Å². The van der Waals surface area contributed by atoms with Gasteiger partial charge in [0.1, 0.15) is 0 Å². The molecule has 3 heteroatoms. The van der Waals surface area contributed by atoms with E-state index in [4.69, 9.17) is 0 Å². The summed E-state index contributed by atoms with van der Waals surface area (Å²) in [4.78, 5) is 4.46. The molecule has 0 radical (unpaired) electrons. The van der Waals surface area contributed by atoms with Gasteiger partial charge in [0.2, 0.25) is 6.54 Å². The van der Waals surface area contributed by atoms with Crippen LogP contribution < -0.4 is 5.11 Å². The number of rotatable bonds is 0. The van der Waals surface area contributed by atoms with Crippen molar-refractivity contribution in [3.8, 4) is 0 Å². The molecule has 0 spiro atoms. The molecule has 0 unspecified atom stereocenters. The Morgan fingerprint density at radius 3 is 3.00 bits per heavy atom. The van der Waals surface area contributed by atoms with Gasteiger partial charge in [0.05, 0.1) is 0 Å². The molecule has 1 heterocycles. The maximum absolute atomic E-state index is 4.46. The molecule has 1 N–H and O–H groups in total. The Bertz CT molecular complexity index is 45.6. The average Bonchev–Trinajstić information content (AvgIpc) is 1.76. The molecule has 1 rings (SSSR count). The van der Waals surface area contributed by atoms with E-state index in [1.54, 1.807) is 0 Å². The van der Waals surface area contributed by atoms with E-state index in [-0.39, 0.29) is 0 Å². The van der Waals surface area contributed by atoms with E-state index in [2.05, 4.69) is 15.2 Å². The van der Waals surface area contributed by atoms with Gasteiger partial charge in [-0.1, -0.05) is 5.11 Å². The molecule has 0 amide bonds. The highest BCUT2D eigenvalue weighted by Crippen LogP contribution is 1.67. The van der Waals surface area contributed by atoms with Gasteiger partial charge in [-0.25, -0.2) is 0 Å². The van der Waals surface area contributed by atoms with Crippen molar-refractivity contribution in [3.05, 3.63) is 0 Å². The first-order valence-corrected chi connectivity index (χ1v) is 1.55. The monoisotopic (exact) mass is 73.0 g/mol. The second-order valence-corrected chi connectivity index (χ2v) is 0.833. The van der Waals surface area contributed by atoms with Crippen molar-refractivity contribution in [1.82, 2.24) is 0 Å². The number of nitrogens with zero attached hydrogens (tertiary/aromatic N) is 1. The van der Waals surface area contributed by atoms with Crippen LogP contribution in [0, 0.1) is 0 Å². The van der Waals surface area contributed by atoms with Gasteiger partial charge in [-0.15, -0.1) is 0 Å². The van der Waals surface area contributed by atoms with Crippen LogP contribution in [0.15, 0.2) is 5.28 Å². The van der Waals surface area contributed by atoms with Crippen molar-refractivity contribution in [2.45, 2.75) is 0 Å². The molecule has 0 atom stereocenters. The zero-order valence-corrected chi connectivity index (χ0v) is 2.77. The molecule has 0 aromatic carbocycles. The summed E-state index contributed by atoms with van der Waals surface area (Å²) in [5.74, 6) is 0. The third-order valence-electron chi connectivity index (χ3n) is 0.434. The zero-order chi connectivity index (χ0) is 3.54. The molecule has 28 valence electrons. The lowest BCUT2D eigenvalue weighted by Gasteiger charge is -1.65. The fourth-order valence-corrected chi connectivity index (χ4v) is 0.228.